The largest absolute Gasteiger partial charge is 0.451 e. The number of aryl methyl sites for hydroxylation is 1. The van der Waals surface area contributed by atoms with Crippen molar-refractivity contribution in [3.63, 3.8) is 0 Å². The Morgan fingerprint density at radius 1 is 1.18 bits per heavy atom. The summed E-state index contributed by atoms with van der Waals surface area (Å²) in [6.07, 6.45) is 0. The maximum atomic E-state index is 13.1. The van der Waals surface area contributed by atoms with Crippen LogP contribution in [0.1, 0.15) is 27.7 Å². The summed E-state index contributed by atoms with van der Waals surface area (Å²) in [5.74, 6) is 0.183. The monoisotopic (exact) mass is 442 g/mol. The number of hydrogen-bond acceptors (Lipinski definition) is 4. The van der Waals surface area contributed by atoms with Crippen molar-refractivity contribution < 1.29 is 13.9 Å². The molecule has 1 N–H and O–H groups in total. The lowest BCUT2D eigenvalue weighted by Gasteiger charge is -2.31. The Labute approximate surface area is 172 Å². The fourth-order valence-electron chi connectivity index (χ4n) is 3.60. The highest BCUT2D eigenvalue weighted by Crippen LogP contribution is 2.28. The standard InChI is InChI=1S/C22H23BrN2O3/c1-15-18-13-17(23)7-8-20(18)28-21(15)22(26)24-19(16-5-3-2-4-6-16)14-25-9-11-27-12-10-25/h2-8,13,19H,9-12,14H2,1H3,(H,24,26)/t19-/m1/s1. The van der Waals surface area contributed by atoms with Gasteiger partial charge in [0, 0.05) is 35.1 Å². The van der Waals surface area contributed by atoms with Gasteiger partial charge in [-0.25, -0.2) is 0 Å². The Hall–Kier alpha value is -2.15. The maximum absolute atomic E-state index is 13.1. The number of hydrogen-bond donors (Lipinski definition) is 1. The van der Waals surface area contributed by atoms with Crippen LogP contribution in [-0.4, -0.2) is 43.7 Å². The fourth-order valence-corrected chi connectivity index (χ4v) is 3.96. The van der Waals surface area contributed by atoms with E-state index in [2.05, 4.69) is 26.1 Å². The van der Waals surface area contributed by atoms with Crippen LogP contribution in [0.15, 0.2) is 57.4 Å². The molecule has 1 saturated heterocycles. The van der Waals surface area contributed by atoms with E-state index in [4.69, 9.17) is 9.15 Å². The Morgan fingerprint density at radius 2 is 1.93 bits per heavy atom. The number of ether oxygens (including phenoxy) is 1. The molecule has 3 aromatic rings. The molecular weight excluding hydrogens is 420 g/mol. The first kappa shape index (κ1) is 19.2. The summed E-state index contributed by atoms with van der Waals surface area (Å²) in [6, 6.07) is 15.7. The Balaban J connectivity index is 1.59. The summed E-state index contributed by atoms with van der Waals surface area (Å²) >= 11 is 3.48. The molecule has 28 heavy (non-hydrogen) atoms. The summed E-state index contributed by atoms with van der Waals surface area (Å²) < 4.78 is 12.3. The molecule has 0 aliphatic carbocycles. The van der Waals surface area contributed by atoms with Gasteiger partial charge in [0.25, 0.3) is 5.91 Å². The first-order valence-electron chi connectivity index (χ1n) is 9.46. The molecule has 5 nitrogen and oxygen atoms in total. The van der Waals surface area contributed by atoms with Crippen LogP contribution >= 0.6 is 15.9 Å². The van der Waals surface area contributed by atoms with Crippen LogP contribution in [0.5, 0.6) is 0 Å². The molecule has 0 radical (unpaired) electrons. The van der Waals surface area contributed by atoms with E-state index >= 15 is 0 Å². The van der Waals surface area contributed by atoms with Crippen LogP contribution in [0.25, 0.3) is 11.0 Å². The number of carbonyl (C=O) groups excluding carboxylic acids is 1. The minimum atomic E-state index is -0.188. The van der Waals surface area contributed by atoms with Gasteiger partial charge in [-0.1, -0.05) is 46.3 Å². The Kier molecular flexibility index (Phi) is 5.80. The molecule has 6 heteroatoms. The first-order valence-corrected chi connectivity index (χ1v) is 10.3. The van der Waals surface area contributed by atoms with Gasteiger partial charge in [0.2, 0.25) is 0 Å². The van der Waals surface area contributed by atoms with E-state index in [1.165, 1.54) is 0 Å². The summed E-state index contributed by atoms with van der Waals surface area (Å²) in [5.41, 5.74) is 2.65. The quantitative estimate of drug-likeness (QED) is 0.639. The average Bonchev–Trinajstić information content (AvgIpc) is 3.05. The highest BCUT2D eigenvalue weighted by molar-refractivity contribution is 9.10. The van der Waals surface area contributed by atoms with Gasteiger partial charge < -0.3 is 14.5 Å². The highest BCUT2D eigenvalue weighted by Gasteiger charge is 2.24. The van der Waals surface area contributed by atoms with Crippen molar-refractivity contribution >= 4 is 32.8 Å². The molecule has 0 unspecified atom stereocenters. The zero-order chi connectivity index (χ0) is 19.5. The van der Waals surface area contributed by atoms with Gasteiger partial charge >= 0.3 is 0 Å². The predicted octanol–water partition coefficient (Wildman–Crippen LogP) is 4.31. The van der Waals surface area contributed by atoms with Crippen LogP contribution in [0.3, 0.4) is 0 Å². The lowest BCUT2D eigenvalue weighted by atomic mass is 10.1. The zero-order valence-corrected chi connectivity index (χ0v) is 17.4. The van der Waals surface area contributed by atoms with Crippen LogP contribution in [0, 0.1) is 6.92 Å². The van der Waals surface area contributed by atoms with E-state index in [1.807, 2.05) is 55.5 Å². The zero-order valence-electron chi connectivity index (χ0n) is 15.8. The van der Waals surface area contributed by atoms with Gasteiger partial charge in [-0.05, 0) is 30.7 Å². The minimum Gasteiger partial charge on any atom is -0.451 e. The topological polar surface area (TPSA) is 54.7 Å². The Bertz CT molecular complexity index is 965. The smallest absolute Gasteiger partial charge is 0.287 e. The van der Waals surface area contributed by atoms with E-state index < -0.39 is 0 Å². The number of amides is 1. The normalized spacial score (nSPS) is 16.2. The summed E-state index contributed by atoms with van der Waals surface area (Å²) in [5, 5.41) is 4.13. The number of rotatable bonds is 5. The molecule has 0 saturated carbocycles. The van der Waals surface area contributed by atoms with Crippen LogP contribution in [-0.2, 0) is 4.74 Å². The number of morpholine rings is 1. The molecule has 0 spiro atoms. The SMILES string of the molecule is Cc1c(C(=O)N[C@H](CN2CCOCC2)c2ccccc2)oc2ccc(Br)cc12. The van der Waals surface area contributed by atoms with Gasteiger partial charge in [0.05, 0.1) is 19.3 Å². The van der Waals surface area contributed by atoms with Crippen molar-refractivity contribution in [2.24, 2.45) is 0 Å². The van der Waals surface area contributed by atoms with E-state index in [9.17, 15) is 4.79 Å². The van der Waals surface area contributed by atoms with Crippen molar-refractivity contribution in [2.75, 3.05) is 32.8 Å². The third-order valence-electron chi connectivity index (χ3n) is 5.16. The number of benzene rings is 2. The van der Waals surface area contributed by atoms with Gasteiger partial charge in [-0.2, -0.15) is 0 Å². The van der Waals surface area contributed by atoms with E-state index in [1.54, 1.807) is 0 Å². The van der Waals surface area contributed by atoms with Crippen LogP contribution < -0.4 is 5.32 Å². The van der Waals surface area contributed by atoms with Crippen LogP contribution in [0.2, 0.25) is 0 Å². The molecule has 4 rings (SSSR count). The molecule has 2 heterocycles. The van der Waals surface area contributed by atoms with E-state index in [0.717, 1.165) is 59.4 Å². The third-order valence-corrected chi connectivity index (χ3v) is 5.65. The minimum absolute atomic E-state index is 0.119. The van der Waals surface area contributed by atoms with Crippen molar-refractivity contribution in [1.82, 2.24) is 10.2 Å². The number of furan rings is 1. The van der Waals surface area contributed by atoms with Crippen molar-refractivity contribution in [3.8, 4) is 0 Å². The van der Waals surface area contributed by atoms with Crippen molar-refractivity contribution in [1.29, 1.82) is 0 Å². The molecule has 0 bridgehead atoms. The number of nitrogens with zero attached hydrogens (tertiary/aromatic N) is 1. The van der Waals surface area contributed by atoms with Gasteiger partial charge in [-0.15, -0.1) is 0 Å². The lowest BCUT2D eigenvalue weighted by molar-refractivity contribution is 0.0331. The molecule has 1 aliphatic heterocycles. The molecule has 1 aliphatic rings. The second-order valence-electron chi connectivity index (χ2n) is 7.05. The molecule has 1 fully saturated rings. The van der Waals surface area contributed by atoms with Crippen LogP contribution in [0.4, 0.5) is 0 Å². The number of carbonyl (C=O) groups is 1. The number of fused-ring (bicyclic) bond motifs is 1. The maximum Gasteiger partial charge on any atom is 0.287 e. The van der Waals surface area contributed by atoms with Crippen molar-refractivity contribution in [3.05, 3.63) is 69.9 Å². The molecule has 2 aromatic carbocycles. The highest BCUT2D eigenvalue weighted by atomic mass is 79.9. The van der Waals surface area contributed by atoms with Gasteiger partial charge in [0.1, 0.15) is 5.58 Å². The molecule has 1 amide bonds. The summed E-state index contributed by atoms with van der Waals surface area (Å²) in [4.78, 5) is 15.4. The van der Waals surface area contributed by atoms with Gasteiger partial charge in [-0.3, -0.25) is 9.69 Å². The fraction of sp³-hybridized carbons (Fsp3) is 0.318. The molecule has 146 valence electrons. The third kappa shape index (κ3) is 4.14. The summed E-state index contributed by atoms with van der Waals surface area (Å²) in [7, 11) is 0. The first-order chi connectivity index (χ1) is 13.6. The molecular formula is C22H23BrN2O3. The summed E-state index contributed by atoms with van der Waals surface area (Å²) in [6.45, 7) is 5.87. The number of nitrogens with one attached hydrogen (secondary N) is 1. The molecule has 1 atom stereocenters. The average molecular weight is 443 g/mol. The molecule has 1 aromatic heterocycles. The van der Waals surface area contributed by atoms with E-state index in [-0.39, 0.29) is 11.9 Å². The number of halogens is 1. The van der Waals surface area contributed by atoms with Crippen molar-refractivity contribution in [2.45, 2.75) is 13.0 Å². The lowest BCUT2D eigenvalue weighted by Crippen LogP contribution is -2.43. The van der Waals surface area contributed by atoms with Gasteiger partial charge in [0.15, 0.2) is 5.76 Å². The predicted molar refractivity (Wildman–Crippen MR) is 113 cm³/mol. The van der Waals surface area contributed by atoms with E-state index in [0.29, 0.717) is 5.76 Å². The Morgan fingerprint density at radius 3 is 2.68 bits per heavy atom. The second-order valence-corrected chi connectivity index (χ2v) is 7.96. The second kappa shape index (κ2) is 8.47.